The highest BCUT2D eigenvalue weighted by Crippen LogP contribution is 2.22. The van der Waals surface area contributed by atoms with Crippen LogP contribution in [0.1, 0.15) is 36.8 Å². The summed E-state index contributed by atoms with van der Waals surface area (Å²) in [6, 6.07) is 18.2. The first-order valence-corrected chi connectivity index (χ1v) is 10.7. The van der Waals surface area contributed by atoms with Gasteiger partial charge in [-0.05, 0) is 68.5 Å². The van der Waals surface area contributed by atoms with Gasteiger partial charge in [-0.2, -0.15) is 0 Å². The van der Waals surface area contributed by atoms with Crippen molar-refractivity contribution in [3.8, 4) is 0 Å². The summed E-state index contributed by atoms with van der Waals surface area (Å²) in [4.78, 5) is 17.2. The SMILES string of the molecule is C[C@@H](C(=O)N(C)CC1CCN(CCc2ccc(Cl)cc2)CC1)c1ccccc1. The summed E-state index contributed by atoms with van der Waals surface area (Å²) >= 11 is 5.96. The van der Waals surface area contributed by atoms with Crippen LogP contribution >= 0.6 is 11.6 Å². The van der Waals surface area contributed by atoms with Crippen molar-refractivity contribution in [2.45, 2.75) is 32.1 Å². The maximum absolute atomic E-state index is 12.8. The van der Waals surface area contributed by atoms with E-state index in [1.807, 2.05) is 61.3 Å². The van der Waals surface area contributed by atoms with Gasteiger partial charge in [0.25, 0.3) is 0 Å². The summed E-state index contributed by atoms with van der Waals surface area (Å²) < 4.78 is 0. The van der Waals surface area contributed by atoms with Gasteiger partial charge in [0.1, 0.15) is 0 Å². The van der Waals surface area contributed by atoms with E-state index in [0.717, 1.165) is 56.0 Å². The molecule has 3 nitrogen and oxygen atoms in total. The molecule has 0 N–H and O–H groups in total. The molecule has 150 valence electrons. The second-order valence-corrected chi connectivity index (χ2v) is 8.45. The van der Waals surface area contributed by atoms with Gasteiger partial charge in [0, 0.05) is 25.2 Å². The summed E-state index contributed by atoms with van der Waals surface area (Å²) in [6.45, 7) is 6.20. The Labute approximate surface area is 174 Å². The quantitative estimate of drug-likeness (QED) is 0.665. The molecule has 3 rings (SSSR count). The third kappa shape index (κ3) is 5.83. The molecule has 1 atom stereocenters. The number of likely N-dealkylation sites (tertiary alicyclic amines) is 1. The molecule has 0 bridgehead atoms. The maximum atomic E-state index is 12.8. The highest BCUT2D eigenvalue weighted by molar-refractivity contribution is 6.30. The summed E-state index contributed by atoms with van der Waals surface area (Å²) in [5, 5.41) is 0.796. The normalized spacial score (nSPS) is 16.7. The number of carbonyl (C=O) groups excluding carboxylic acids is 1. The molecular weight excluding hydrogens is 368 g/mol. The number of rotatable bonds is 7. The number of nitrogens with zero attached hydrogens (tertiary/aromatic N) is 2. The Hall–Kier alpha value is -1.84. The fraction of sp³-hybridized carbons (Fsp3) is 0.458. The predicted octanol–water partition coefficient (Wildman–Crippen LogP) is 4.86. The number of halogens is 1. The van der Waals surface area contributed by atoms with Crippen molar-refractivity contribution in [3.63, 3.8) is 0 Å². The van der Waals surface area contributed by atoms with E-state index < -0.39 is 0 Å². The second-order valence-electron chi connectivity index (χ2n) is 8.01. The van der Waals surface area contributed by atoms with Crippen molar-refractivity contribution in [3.05, 3.63) is 70.7 Å². The number of piperidine rings is 1. The smallest absolute Gasteiger partial charge is 0.229 e. The standard InChI is InChI=1S/C24H31ClN2O/c1-19(22-6-4-3-5-7-22)24(28)26(2)18-21-13-16-27(17-14-21)15-12-20-8-10-23(25)11-9-20/h3-11,19,21H,12-18H2,1-2H3/t19-/m1/s1. The van der Waals surface area contributed by atoms with E-state index in [-0.39, 0.29) is 11.8 Å². The van der Waals surface area contributed by atoms with E-state index in [4.69, 9.17) is 11.6 Å². The number of carbonyl (C=O) groups is 1. The molecule has 1 aliphatic rings. The van der Waals surface area contributed by atoms with Crippen LogP contribution in [-0.2, 0) is 11.2 Å². The van der Waals surface area contributed by atoms with Gasteiger partial charge in [0.15, 0.2) is 0 Å². The highest BCUT2D eigenvalue weighted by atomic mass is 35.5. The van der Waals surface area contributed by atoms with Gasteiger partial charge < -0.3 is 9.80 Å². The minimum atomic E-state index is -0.0781. The molecule has 1 aliphatic heterocycles. The lowest BCUT2D eigenvalue weighted by atomic mass is 9.94. The third-order valence-electron chi connectivity index (χ3n) is 5.92. The number of benzene rings is 2. The molecule has 1 fully saturated rings. The van der Waals surface area contributed by atoms with Gasteiger partial charge >= 0.3 is 0 Å². The van der Waals surface area contributed by atoms with Crippen molar-refractivity contribution in [2.75, 3.05) is 33.2 Å². The summed E-state index contributed by atoms with van der Waals surface area (Å²) in [5.74, 6) is 0.741. The third-order valence-corrected chi connectivity index (χ3v) is 6.17. The lowest BCUT2D eigenvalue weighted by molar-refractivity contribution is -0.131. The summed E-state index contributed by atoms with van der Waals surface area (Å²) in [7, 11) is 1.95. The van der Waals surface area contributed by atoms with Crippen molar-refractivity contribution >= 4 is 17.5 Å². The number of amides is 1. The summed E-state index contributed by atoms with van der Waals surface area (Å²) in [5.41, 5.74) is 2.43. The van der Waals surface area contributed by atoms with E-state index >= 15 is 0 Å². The zero-order valence-corrected chi connectivity index (χ0v) is 17.7. The fourth-order valence-electron chi connectivity index (χ4n) is 4.02. The van der Waals surface area contributed by atoms with Crippen molar-refractivity contribution < 1.29 is 4.79 Å². The molecule has 1 saturated heterocycles. The molecule has 4 heteroatoms. The zero-order chi connectivity index (χ0) is 19.9. The monoisotopic (exact) mass is 398 g/mol. The number of hydrogen-bond donors (Lipinski definition) is 0. The van der Waals surface area contributed by atoms with Gasteiger partial charge in [-0.25, -0.2) is 0 Å². The fourth-order valence-corrected chi connectivity index (χ4v) is 4.15. The molecule has 2 aromatic carbocycles. The highest BCUT2D eigenvalue weighted by Gasteiger charge is 2.24. The van der Waals surface area contributed by atoms with Crippen LogP contribution in [0.3, 0.4) is 0 Å². The van der Waals surface area contributed by atoms with Crippen LogP contribution in [0.5, 0.6) is 0 Å². The van der Waals surface area contributed by atoms with Crippen molar-refractivity contribution in [1.29, 1.82) is 0 Å². The summed E-state index contributed by atoms with van der Waals surface area (Å²) in [6.07, 6.45) is 3.39. The molecule has 0 saturated carbocycles. The molecule has 2 aromatic rings. The maximum Gasteiger partial charge on any atom is 0.229 e. The van der Waals surface area contributed by atoms with Gasteiger partial charge in [-0.3, -0.25) is 4.79 Å². The molecule has 1 heterocycles. The first-order chi connectivity index (χ1) is 13.5. The van der Waals surface area contributed by atoms with Crippen LogP contribution in [0.2, 0.25) is 5.02 Å². The van der Waals surface area contributed by atoms with E-state index in [2.05, 4.69) is 17.0 Å². The minimum absolute atomic E-state index is 0.0781. The zero-order valence-electron chi connectivity index (χ0n) is 17.0. The largest absolute Gasteiger partial charge is 0.345 e. The number of hydrogen-bond acceptors (Lipinski definition) is 2. The van der Waals surface area contributed by atoms with Crippen LogP contribution in [0.4, 0.5) is 0 Å². The van der Waals surface area contributed by atoms with Gasteiger partial charge in [0.05, 0.1) is 5.92 Å². The molecule has 0 unspecified atom stereocenters. The van der Waals surface area contributed by atoms with E-state index in [0.29, 0.717) is 5.92 Å². The molecule has 0 radical (unpaired) electrons. The Balaban J connectivity index is 1.41. The van der Waals surface area contributed by atoms with Crippen LogP contribution in [0.25, 0.3) is 0 Å². The van der Waals surface area contributed by atoms with Crippen LogP contribution in [0, 0.1) is 5.92 Å². The Morgan fingerprint density at radius 1 is 1.11 bits per heavy atom. The molecule has 0 spiro atoms. The van der Waals surface area contributed by atoms with Crippen LogP contribution < -0.4 is 0 Å². The Morgan fingerprint density at radius 2 is 1.75 bits per heavy atom. The Morgan fingerprint density at radius 3 is 2.39 bits per heavy atom. The van der Waals surface area contributed by atoms with Crippen molar-refractivity contribution in [1.82, 2.24) is 9.80 Å². The van der Waals surface area contributed by atoms with E-state index in [9.17, 15) is 4.79 Å². The first kappa shape index (κ1) is 20.9. The topological polar surface area (TPSA) is 23.6 Å². The Bertz CT molecular complexity index is 739. The Kier molecular flexibility index (Phi) is 7.52. The van der Waals surface area contributed by atoms with E-state index in [1.54, 1.807) is 0 Å². The molecule has 28 heavy (non-hydrogen) atoms. The minimum Gasteiger partial charge on any atom is -0.345 e. The predicted molar refractivity (Wildman–Crippen MR) is 117 cm³/mol. The van der Waals surface area contributed by atoms with Crippen LogP contribution in [0.15, 0.2) is 54.6 Å². The first-order valence-electron chi connectivity index (χ1n) is 10.3. The second kappa shape index (κ2) is 10.1. The van der Waals surface area contributed by atoms with Gasteiger partial charge in [-0.15, -0.1) is 0 Å². The van der Waals surface area contributed by atoms with Gasteiger partial charge in [-0.1, -0.05) is 54.1 Å². The molecule has 0 aliphatic carbocycles. The lowest BCUT2D eigenvalue weighted by Gasteiger charge is -2.34. The van der Waals surface area contributed by atoms with Gasteiger partial charge in [0.2, 0.25) is 5.91 Å². The molecule has 0 aromatic heterocycles. The number of likely N-dealkylation sites (N-methyl/N-ethyl adjacent to an activating group) is 1. The average Bonchev–Trinajstić information content (AvgIpc) is 2.74. The van der Waals surface area contributed by atoms with Crippen molar-refractivity contribution in [2.24, 2.45) is 5.92 Å². The molecular formula is C24H31ClN2O. The molecule has 1 amide bonds. The van der Waals surface area contributed by atoms with Crippen LogP contribution in [-0.4, -0.2) is 48.9 Å². The average molecular weight is 399 g/mol. The van der Waals surface area contributed by atoms with E-state index in [1.165, 1.54) is 5.56 Å². The lowest BCUT2D eigenvalue weighted by Crippen LogP contribution is -2.41.